The smallest absolute Gasteiger partial charge is 0.188 e. The number of aldehydes is 1. The number of anilines is 3. The number of piperazine rings is 1. The maximum absolute atomic E-state index is 10.8. The fourth-order valence-corrected chi connectivity index (χ4v) is 3.71. The highest BCUT2D eigenvalue weighted by Gasteiger charge is 2.18. The fraction of sp³-hybridized carbons (Fsp3) is 0.556. The average Bonchev–Trinajstić information content (AvgIpc) is 3.09. The predicted molar refractivity (Wildman–Crippen MR) is 106 cm³/mol. The van der Waals surface area contributed by atoms with E-state index in [0.29, 0.717) is 15.8 Å². The van der Waals surface area contributed by atoms with E-state index in [0.717, 1.165) is 44.1 Å². The molecule has 0 aliphatic carbocycles. The minimum Gasteiger partial charge on any atom is -0.354 e. The second-order valence-electron chi connectivity index (χ2n) is 6.51. The minimum absolute atomic E-state index is 0.595. The van der Waals surface area contributed by atoms with Gasteiger partial charge in [-0.2, -0.15) is 0 Å². The van der Waals surface area contributed by atoms with Gasteiger partial charge in [-0.25, -0.2) is 15.0 Å². The van der Waals surface area contributed by atoms with E-state index in [2.05, 4.69) is 37.0 Å². The van der Waals surface area contributed by atoms with Crippen LogP contribution in [0.25, 0.3) is 0 Å². The lowest BCUT2D eigenvalue weighted by molar-refractivity contribution is 0.112. The molecule has 0 atom stereocenters. The Labute approximate surface area is 158 Å². The van der Waals surface area contributed by atoms with E-state index in [1.807, 2.05) is 13.0 Å². The standard InChI is InChI=1S/C18H26N6OS/c1-3-4-5-6-23-7-9-24(10-8-23)17-11-16(20-14(2)21-17)22-18-19-12-15(13-25)26-18/h11-13H,3-10H2,1-2H3,(H,19,20,21,22). The van der Waals surface area contributed by atoms with Crippen molar-refractivity contribution in [1.29, 1.82) is 0 Å². The summed E-state index contributed by atoms with van der Waals surface area (Å²) in [6, 6.07) is 1.96. The number of nitrogens with one attached hydrogen (secondary N) is 1. The molecule has 26 heavy (non-hydrogen) atoms. The van der Waals surface area contributed by atoms with Crippen molar-refractivity contribution in [3.8, 4) is 0 Å². The van der Waals surface area contributed by atoms with E-state index in [-0.39, 0.29) is 0 Å². The fourth-order valence-electron chi connectivity index (χ4n) is 3.07. The molecule has 1 N–H and O–H groups in total. The third-order valence-corrected chi connectivity index (χ3v) is 5.31. The summed E-state index contributed by atoms with van der Waals surface area (Å²) in [5, 5.41) is 3.85. The van der Waals surface area contributed by atoms with Gasteiger partial charge in [-0.15, -0.1) is 0 Å². The molecule has 0 aromatic carbocycles. The lowest BCUT2D eigenvalue weighted by atomic mass is 10.2. The van der Waals surface area contributed by atoms with Crippen molar-refractivity contribution in [2.24, 2.45) is 0 Å². The first-order valence-electron chi connectivity index (χ1n) is 9.19. The maximum atomic E-state index is 10.8. The molecule has 0 saturated carbocycles. The van der Waals surface area contributed by atoms with Crippen LogP contribution in [0.5, 0.6) is 0 Å². The highest BCUT2D eigenvalue weighted by Crippen LogP contribution is 2.23. The zero-order valence-corrected chi connectivity index (χ0v) is 16.3. The normalized spacial score (nSPS) is 15.2. The molecule has 140 valence electrons. The third-order valence-electron chi connectivity index (χ3n) is 4.47. The zero-order chi connectivity index (χ0) is 18.4. The van der Waals surface area contributed by atoms with Gasteiger partial charge < -0.3 is 10.2 Å². The van der Waals surface area contributed by atoms with Gasteiger partial charge in [0.15, 0.2) is 11.4 Å². The molecule has 1 fully saturated rings. The van der Waals surface area contributed by atoms with Crippen LogP contribution in [0.2, 0.25) is 0 Å². The molecule has 1 saturated heterocycles. The Bertz CT molecular complexity index is 726. The molecular formula is C18H26N6OS. The number of carbonyl (C=O) groups is 1. The summed E-state index contributed by atoms with van der Waals surface area (Å²) in [6.07, 6.45) is 6.23. The minimum atomic E-state index is 0.595. The Balaban J connectivity index is 1.62. The Morgan fingerprint density at radius 1 is 1.23 bits per heavy atom. The highest BCUT2D eigenvalue weighted by atomic mass is 32.1. The SMILES string of the molecule is CCCCCN1CCN(c2cc(Nc3ncc(C=O)s3)nc(C)n2)CC1. The third kappa shape index (κ3) is 4.98. The number of carbonyl (C=O) groups excluding carboxylic acids is 1. The van der Waals surface area contributed by atoms with Gasteiger partial charge in [-0.3, -0.25) is 9.69 Å². The summed E-state index contributed by atoms with van der Waals surface area (Å²) in [7, 11) is 0. The van der Waals surface area contributed by atoms with E-state index in [1.54, 1.807) is 6.20 Å². The van der Waals surface area contributed by atoms with Crippen LogP contribution in [0.4, 0.5) is 16.8 Å². The first-order valence-corrected chi connectivity index (χ1v) is 10.0. The van der Waals surface area contributed by atoms with Gasteiger partial charge in [0.05, 0.1) is 11.1 Å². The molecule has 7 nitrogen and oxygen atoms in total. The second-order valence-corrected chi connectivity index (χ2v) is 7.57. The number of hydrogen-bond donors (Lipinski definition) is 1. The van der Waals surface area contributed by atoms with Crippen LogP contribution in [-0.4, -0.2) is 58.9 Å². The molecule has 0 amide bonds. The van der Waals surface area contributed by atoms with E-state index >= 15 is 0 Å². The monoisotopic (exact) mass is 374 g/mol. The van der Waals surface area contributed by atoms with Gasteiger partial charge in [0, 0.05) is 32.2 Å². The van der Waals surface area contributed by atoms with Crippen molar-refractivity contribution in [2.45, 2.75) is 33.1 Å². The molecular weight excluding hydrogens is 348 g/mol. The largest absolute Gasteiger partial charge is 0.354 e. The van der Waals surface area contributed by atoms with E-state index in [1.165, 1.54) is 37.1 Å². The van der Waals surface area contributed by atoms with Gasteiger partial charge in [-0.05, 0) is 19.9 Å². The number of nitrogens with zero attached hydrogens (tertiary/aromatic N) is 5. The van der Waals surface area contributed by atoms with Gasteiger partial charge in [0.2, 0.25) is 0 Å². The zero-order valence-electron chi connectivity index (χ0n) is 15.4. The summed E-state index contributed by atoms with van der Waals surface area (Å²) in [5.74, 6) is 2.38. The second kappa shape index (κ2) is 9.05. The molecule has 0 bridgehead atoms. The topological polar surface area (TPSA) is 74.2 Å². The molecule has 1 aliphatic rings. The molecule has 3 rings (SSSR count). The molecule has 2 aromatic rings. The first kappa shape index (κ1) is 18.7. The van der Waals surface area contributed by atoms with Crippen LogP contribution >= 0.6 is 11.3 Å². The van der Waals surface area contributed by atoms with Crippen LogP contribution in [0.3, 0.4) is 0 Å². The lowest BCUT2D eigenvalue weighted by Gasteiger charge is -2.35. The summed E-state index contributed by atoms with van der Waals surface area (Å²) in [6.45, 7) is 9.44. The van der Waals surface area contributed by atoms with Gasteiger partial charge in [0.1, 0.15) is 17.5 Å². The number of hydrogen-bond acceptors (Lipinski definition) is 8. The molecule has 1 aliphatic heterocycles. The van der Waals surface area contributed by atoms with E-state index in [4.69, 9.17) is 0 Å². The van der Waals surface area contributed by atoms with Gasteiger partial charge in [0.25, 0.3) is 0 Å². The summed E-state index contributed by atoms with van der Waals surface area (Å²) in [4.78, 5) is 29.5. The quantitative estimate of drug-likeness (QED) is 0.562. The van der Waals surface area contributed by atoms with E-state index in [9.17, 15) is 4.79 Å². The Morgan fingerprint density at radius 2 is 2.04 bits per heavy atom. The Kier molecular flexibility index (Phi) is 6.51. The van der Waals surface area contributed by atoms with Crippen LogP contribution < -0.4 is 10.2 Å². The van der Waals surface area contributed by atoms with Crippen LogP contribution in [0.15, 0.2) is 12.3 Å². The summed E-state index contributed by atoms with van der Waals surface area (Å²) >= 11 is 1.31. The number of unbranched alkanes of at least 4 members (excludes halogenated alkanes) is 2. The molecule has 8 heteroatoms. The molecule has 3 heterocycles. The average molecular weight is 375 g/mol. The number of rotatable bonds is 8. The summed E-state index contributed by atoms with van der Waals surface area (Å²) < 4.78 is 0. The van der Waals surface area contributed by atoms with Gasteiger partial charge in [-0.1, -0.05) is 31.1 Å². The van der Waals surface area contributed by atoms with E-state index < -0.39 is 0 Å². The van der Waals surface area contributed by atoms with Crippen molar-refractivity contribution in [2.75, 3.05) is 42.9 Å². The molecule has 0 spiro atoms. The summed E-state index contributed by atoms with van der Waals surface area (Å²) in [5.41, 5.74) is 0. The van der Waals surface area contributed by atoms with Crippen LogP contribution in [0, 0.1) is 6.92 Å². The van der Waals surface area contributed by atoms with Crippen LogP contribution in [0.1, 0.15) is 41.7 Å². The number of aromatic nitrogens is 3. The number of aryl methyl sites for hydroxylation is 1. The predicted octanol–water partition coefficient (Wildman–Crippen LogP) is 3.11. The van der Waals surface area contributed by atoms with Crippen LogP contribution in [-0.2, 0) is 0 Å². The maximum Gasteiger partial charge on any atom is 0.188 e. The molecule has 0 radical (unpaired) electrons. The highest BCUT2D eigenvalue weighted by molar-refractivity contribution is 7.17. The van der Waals surface area contributed by atoms with Gasteiger partial charge >= 0.3 is 0 Å². The number of thiazole rings is 1. The molecule has 0 unspecified atom stereocenters. The van der Waals surface area contributed by atoms with Crippen molar-refractivity contribution in [1.82, 2.24) is 19.9 Å². The Hall–Kier alpha value is -2.06. The first-order chi connectivity index (χ1) is 12.7. The lowest BCUT2D eigenvalue weighted by Crippen LogP contribution is -2.47. The molecule has 2 aromatic heterocycles. The Morgan fingerprint density at radius 3 is 2.73 bits per heavy atom. The van der Waals surface area contributed by atoms with Crippen molar-refractivity contribution >= 4 is 34.4 Å². The van der Waals surface area contributed by atoms with Crippen molar-refractivity contribution in [3.63, 3.8) is 0 Å². The van der Waals surface area contributed by atoms with Crippen molar-refractivity contribution < 1.29 is 4.79 Å². The van der Waals surface area contributed by atoms with Crippen molar-refractivity contribution in [3.05, 3.63) is 23.0 Å².